The molecule has 2 saturated heterocycles. The van der Waals surface area contributed by atoms with Gasteiger partial charge in [0.05, 0.1) is 79.0 Å². The number of fused-ring (bicyclic) bond motifs is 1. The number of hydrogen-bond donors (Lipinski definition) is 5. The molecule has 21 nitrogen and oxygen atoms in total. The van der Waals surface area contributed by atoms with Crippen LogP contribution in [0.4, 0.5) is 0 Å². The Hall–Kier alpha value is -7.17. The van der Waals surface area contributed by atoms with E-state index in [-0.39, 0.29) is 87.7 Å². The largest absolute Gasteiger partial charge is 0.493 e. The van der Waals surface area contributed by atoms with Crippen LogP contribution in [0, 0.1) is 11.8 Å². The fourth-order valence-corrected chi connectivity index (χ4v) is 10.7. The molecule has 0 aliphatic carbocycles. The van der Waals surface area contributed by atoms with Gasteiger partial charge in [0.25, 0.3) is 5.91 Å². The van der Waals surface area contributed by atoms with Gasteiger partial charge in [0, 0.05) is 19.5 Å². The molecule has 21 heteroatoms. The maximum absolute atomic E-state index is 14.7. The lowest BCUT2D eigenvalue weighted by atomic mass is 9.73. The van der Waals surface area contributed by atoms with Crippen LogP contribution in [0.2, 0.25) is 0 Å². The third-order valence-corrected chi connectivity index (χ3v) is 14.4. The molecule has 7 atom stereocenters. The van der Waals surface area contributed by atoms with Crippen LogP contribution in [0.5, 0.6) is 40.2 Å². The first-order valence-electron chi connectivity index (χ1n) is 26.2. The summed E-state index contributed by atoms with van der Waals surface area (Å²) in [6.07, 6.45) is 0.226. The zero-order valence-electron chi connectivity index (χ0n) is 45.0. The number of aliphatic hydroxyl groups excluding tert-OH is 2. The zero-order chi connectivity index (χ0) is 55.9. The molecule has 0 spiro atoms. The highest BCUT2D eigenvalue weighted by molar-refractivity contribution is 6.06. The molecule has 0 bridgehead atoms. The Morgan fingerprint density at radius 3 is 2.10 bits per heavy atom. The summed E-state index contributed by atoms with van der Waals surface area (Å²) >= 11 is 0. The molecule has 4 aromatic rings. The van der Waals surface area contributed by atoms with E-state index < -0.39 is 60.1 Å². The van der Waals surface area contributed by atoms with Crippen LogP contribution in [-0.4, -0.2) is 161 Å². The number of aliphatic carboxylic acids is 1. The van der Waals surface area contributed by atoms with E-state index in [9.17, 15) is 39.3 Å². The monoisotopic (exact) mass is 1080 g/mol. The number of amides is 4. The molecule has 7 rings (SSSR count). The molecule has 4 amide bonds. The highest BCUT2D eigenvalue weighted by Crippen LogP contribution is 2.44. The molecule has 0 aromatic heterocycles. The van der Waals surface area contributed by atoms with Crippen molar-refractivity contribution >= 4 is 29.6 Å². The van der Waals surface area contributed by atoms with E-state index in [1.807, 2.05) is 43.3 Å². The van der Waals surface area contributed by atoms with Crippen molar-refractivity contribution in [1.29, 1.82) is 0 Å². The molecule has 2 fully saturated rings. The summed E-state index contributed by atoms with van der Waals surface area (Å²) in [5.41, 5.74) is 2.90. The Morgan fingerprint density at radius 1 is 0.756 bits per heavy atom. The number of carboxylic acid groups (broad SMARTS) is 1. The van der Waals surface area contributed by atoms with Gasteiger partial charge in [0.2, 0.25) is 23.5 Å². The van der Waals surface area contributed by atoms with Crippen LogP contribution in [0.15, 0.2) is 72.8 Å². The van der Waals surface area contributed by atoms with E-state index in [4.69, 9.17) is 42.6 Å². The minimum absolute atomic E-state index is 0.0594. The van der Waals surface area contributed by atoms with Gasteiger partial charge in [0.1, 0.15) is 43.0 Å². The number of rotatable bonds is 29. The van der Waals surface area contributed by atoms with E-state index in [1.165, 1.54) is 21.3 Å². The molecule has 0 radical (unpaired) electrons. The van der Waals surface area contributed by atoms with Crippen molar-refractivity contribution in [3.63, 3.8) is 0 Å². The van der Waals surface area contributed by atoms with E-state index in [2.05, 4.69) is 10.6 Å². The number of methoxy groups -OCH3 is 5. The first-order valence-corrected chi connectivity index (χ1v) is 26.2. The number of ether oxygens (including phenoxy) is 9. The zero-order valence-corrected chi connectivity index (χ0v) is 45.0. The van der Waals surface area contributed by atoms with Gasteiger partial charge in [-0.25, -0.2) is 4.79 Å². The standard InChI is InChI=1S/C57H72N4O17/c1-7-39(37-31-46(72-4)52(74-6)47(32-37)73-5)54(65)60-21-10-14-40(51(60)57(68)69)36(28-35-16-18-43(70-2)45(30-35)71-3)27-34-11-8-12-38(29-34)78-33-49(63)58-20-22-75-23-24-76-25-26-77-44-15-9-13-41-50(44)56(67)61(55(41)66)42-17-19-48(62)59-53(42)64/h8-9,11-13,15-16,18,29-32,36,39-40,42,49,51,56,58,63,67H,7,10,14,17,19-28,33H2,1-6H3,(H,68,69)(H,59,62,64)/t36?,39-,40?,42?,49?,51-,56?/m0/s1. The molecule has 422 valence electrons. The lowest BCUT2D eigenvalue weighted by Crippen LogP contribution is -2.56. The summed E-state index contributed by atoms with van der Waals surface area (Å²) in [5, 5.41) is 38.1. The van der Waals surface area contributed by atoms with Crippen LogP contribution >= 0.6 is 0 Å². The Kier molecular flexibility index (Phi) is 21.0. The van der Waals surface area contributed by atoms with Gasteiger partial charge in [0.15, 0.2) is 29.2 Å². The van der Waals surface area contributed by atoms with Crippen molar-refractivity contribution in [2.24, 2.45) is 11.8 Å². The van der Waals surface area contributed by atoms with Crippen molar-refractivity contribution in [2.75, 3.05) is 88.3 Å². The molecule has 5 unspecified atom stereocenters. The first-order chi connectivity index (χ1) is 37.7. The van der Waals surface area contributed by atoms with Crippen molar-refractivity contribution in [1.82, 2.24) is 20.4 Å². The maximum Gasteiger partial charge on any atom is 0.326 e. The van der Waals surface area contributed by atoms with Gasteiger partial charge in [-0.1, -0.05) is 31.2 Å². The SMILES string of the molecule is CC[C@H](C(=O)N1CCCC(C(Cc2cccc(OCC(O)NCCOCCOCCOc3cccc4c3C(O)N(C3CCC(=O)NC3=O)C4=O)c2)Cc2ccc(OC)c(OC)c2)[C@H]1C(=O)O)c1cc(OC)c(OC)c(OC)c1. The van der Waals surface area contributed by atoms with Crippen LogP contribution in [0.1, 0.15) is 83.8 Å². The Balaban J connectivity index is 0.906. The van der Waals surface area contributed by atoms with Gasteiger partial charge in [-0.2, -0.15) is 0 Å². The number of carbonyl (C=O) groups is 5. The number of likely N-dealkylation sites (tertiary alicyclic amines) is 1. The van der Waals surface area contributed by atoms with E-state index in [1.54, 1.807) is 55.5 Å². The number of benzene rings is 4. The average molecular weight is 1090 g/mol. The van der Waals surface area contributed by atoms with Crippen LogP contribution in [-0.2, 0) is 41.5 Å². The van der Waals surface area contributed by atoms with E-state index in [0.29, 0.717) is 78.7 Å². The summed E-state index contributed by atoms with van der Waals surface area (Å²) in [5.74, 6) is -1.27. The summed E-state index contributed by atoms with van der Waals surface area (Å²) in [6, 6.07) is 19.3. The predicted molar refractivity (Wildman–Crippen MR) is 282 cm³/mol. The molecule has 5 N–H and O–H groups in total. The normalized spacial score (nSPS) is 19.3. The molecular formula is C57H72N4O17. The van der Waals surface area contributed by atoms with Crippen molar-refractivity contribution in [3.8, 4) is 40.2 Å². The average Bonchev–Trinajstić information content (AvgIpc) is 3.72. The number of carbonyl (C=O) groups excluding carboxylic acids is 4. The highest BCUT2D eigenvalue weighted by atomic mass is 16.5. The van der Waals surface area contributed by atoms with Crippen molar-refractivity contribution in [2.45, 2.75) is 82.3 Å². The molecule has 0 saturated carbocycles. The fraction of sp³-hybridized carbons (Fsp3) is 0.491. The van der Waals surface area contributed by atoms with Crippen molar-refractivity contribution in [3.05, 3.63) is 101 Å². The molecule has 3 heterocycles. The lowest BCUT2D eigenvalue weighted by Gasteiger charge is -2.43. The molecule has 78 heavy (non-hydrogen) atoms. The highest BCUT2D eigenvalue weighted by Gasteiger charge is 2.47. The Morgan fingerprint density at radius 2 is 1.44 bits per heavy atom. The number of aliphatic hydroxyl groups is 2. The maximum atomic E-state index is 14.7. The fourth-order valence-electron chi connectivity index (χ4n) is 10.7. The van der Waals surface area contributed by atoms with Gasteiger partial charge in [-0.3, -0.25) is 34.7 Å². The van der Waals surface area contributed by atoms with Gasteiger partial charge < -0.3 is 62.9 Å². The van der Waals surface area contributed by atoms with E-state index in [0.717, 1.165) is 16.0 Å². The van der Waals surface area contributed by atoms with E-state index >= 15 is 0 Å². The van der Waals surface area contributed by atoms with Crippen LogP contribution in [0.3, 0.4) is 0 Å². The summed E-state index contributed by atoms with van der Waals surface area (Å²) in [4.78, 5) is 68.2. The number of piperidine rings is 2. The Bertz CT molecular complexity index is 2700. The second-order valence-electron chi connectivity index (χ2n) is 19.2. The summed E-state index contributed by atoms with van der Waals surface area (Å²) in [7, 11) is 7.64. The van der Waals surface area contributed by atoms with Gasteiger partial charge in [-0.05, 0) is 116 Å². The van der Waals surface area contributed by atoms with Crippen molar-refractivity contribution < 1.29 is 81.9 Å². The van der Waals surface area contributed by atoms with Gasteiger partial charge >= 0.3 is 5.97 Å². The third-order valence-electron chi connectivity index (χ3n) is 14.4. The summed E-state index contributed by atoms with van der Waals surface area (Å²) < 4.78 is 51.1. The number of carboxylic acids is 1. The second-order valence-corrected chi connectivity index (χ2v) is 19.2. The Labute approximate surface area is 453 Å². The molecule has 3 aliphatic heterocycles. The number of nitrogens with one attached hydrogen (secondary N) is 2. The molecule has 4 aromatic carbocycles. The smallest absolute Gasteiger partial charge is 0.326 e. The minimum Gasteiger partial charge on any atom is -0.493 e. The van der Waals surface area contributed by atoms with Crippen LogP contribution in [0.25, 0.3) is 0 Å². The first kappa shape index (κ1) is 58.5. The third kappa shape index (κ3) is 13.9. The summed E-state index contributed by atoms with van der Waals surface area (Å²) in [6.45, 7) is 3.49. The second kappa shape index (κ2) is 27.9. The topological polar surface area (TPSA) is 260 Å². The quantitative estimate of drug-likeness (QED) is 0.0281. The minimum atomic E-state index is -1.42. The van der Waals surface area contributed by atoms with Gasteiger partial charge in [-0.15, -0.1) is 0 Å². The molecule has 3 aliphatic rings. The number of imide groups is 1. The number of nitrogens with zero attached hydrogens (tertiary/aromatic N) is 2. The predicted octanol–water partition coefficient (Wildman–Crippen LogP) is 4.67. The molecular weight excluding hydrogens is 1010 g/mol. The van der Waals surface area contributed by atoms with Crippen LogP contribution < -0.4 is 43.8 Å². The number of hydrogen-bond acceptors (Lipinski definition) is 17. The lowest BCUT2D eigenvalue weighted by molar-refractivity contribution is -0.157.